The third-order valence-electron chi connectivity index (χ3n) is 2.14. The first-order valence-corrected chi connectivity index (χ1v) is 5.21. The molecule has 0 fully saturated rings. The van der Waals surface area contributed by atoms with Gasteiger partial charge in [0.15, 0.2) is 0 Å². The minimum atomic E-state index is -0.396. The van der Waals surface area contributed by atoms with Crippen molar-refractivity contribution in [2.24, 2.45) is 0 Å². The predicted octanol–water partition coefficient (Wildman–Crippen LogP) is 3.49. The Morgan fingerprint density at radius 2 is 2.19 bits per heavy atom. The van der Waals surface area contributed by atoms with Gasteiger partial charge in [0.05, 0.1) is 10.7 Å². The highest BCUT2D eigenvalue weighted by Gasteiger charge is 2.00. The van der Waals surface area contributed by atoms with Gasteiger partial charge in [-0.1, -0.05) is 17.7 Å². The fourth-order valence-corrected chi connectivity index (χ4v) is 1.44. The summed E-state index contributed by atoms with van der Waals surface area (Å²) in [6.07, 6.45) is 3.42. The van der Waals surface area contributed by atoms with Crippen molar-refractivity contribution in [2.45, 2.75) is 6.54 Å². The molecule has 16 heavy (non-hydrogen) atoms. The molecule has 1 aromatic heterocycles. The van der Waals surface area contributed by atoms with Crippen molar-refractivity contribution >= 4 is 17.3 Å². The average molecular weight is 237 g/mol. The number of aromatic nitrogens is 1. The van der Waals surface area contributed by atoms with Crippen LogP contribution in [0, 0.1) is 5.82 Å². The molecule has 2 nitrogen and oxygen atoms in total. The molecule has 0 unspecified atom stereocenters. The summed E-state index contributed by atoms with van der Waals surface area (Å²) >= 11 is 5.59. The van der Waals surface area contributed by atoms with Crippen LogP contribution in [0.5, 0.6) is 0 Å². The lowest BCUT2D eigenvalue weighted by Crippen LogP contribution is -1.99. The van der Waals surface area contributed by atoms with Crippen LogP contribution in [0.2, 0.25) is 5.02 Å². The van der Waals surface area contributed by atoms with E-state index in [2.05, 4.69) is 10.3 Å². The van der Waals surface area contributed by atoms with Crippen LogP contribution in [0.1, 0.15) is 5.56 Å². The number of nitrogens with zero attached hydrogens (tertiary/aromatic N) is 1. The molecule has 0 saturated heterocycles. The molecule has 1 N–H and O–H groups in total. The number of benzene rings is 1. The Kier molecular flexibility index (Phi) is 3.37. The highest BCUT2D eigenvalue weighted by atomic mass is 35.5. The minimum Gasteiger partial charge on any atom is -0.380 e. The zero-order chi connectivity index (χ0) is 11.4. The van der Waals surface area contributed by atoms with Crippen molar-refractivity contribution in [1.82, 2.24) is 4.98 Å². The maximum atomic E-state index is 13.1. The fourth-order valence-electron chi connectivity index (χ4n) is 1.32. The van der Waals surface area contributed by atoms with Crippen LogP contribution in [0.15, 0.2) is 42.7 Å². The Hall–Kier alpha value is -1.61. The van der Waals surface area contributed by atoms with Crippen LogP contribution < -0.4 is 5.32 Å². The molecule has 1 aromatic carbocycles. The van der Waals surface area contributed by atoms with E-state index in [-0.39, 0.29) is 5.02 Å². The first kappa shape index (κ1) is 10.9. The van der Waals surface area contributed by atoms with E-state index in [1.165, 1.54) is 6.07 Å². The molecule has 2 rings (SSSR count). The maximum Gasteiger partial charge on any atom is 0.142 e. The van der Waals surface area contributed by atoms with Crippen LogP contribution in [-0.2, 0) is 6.54 Å². The van der Waals surface area contributed by atoms with E-state index in [0.29, 0.717) is 6.54 Å². The molecule has 0 radical (unpaired) electrons. The number of pyridine rings is 1. The van der Waals surface area contributed by atoms with Gasteiger partial charge in [0, 0.05) is 18.9 Å². The van der Waals surface area contributed by atoms with Gasteiger partial charge in [-0.05, 0) is 29.8 Å². The molecular weight excluding hydrogens is 227 g/mol. The molecular formula is C12H10ClFN2. The van der Waals surface area contributed by atoms with Gasteiger partial charge in [-0.3, -0.25) is 4.98 Å². The quantitative estimate of drug-likeness (QED) is 0.883. The first-order chi connectivity index (χ1) is 7.75. The lowest BCUT2D eigenvalue weighted by molar-refractivity contribution is 0.626. The largest absolute Gasteiger partial charge is 0.380 e. The highest BCUT2D eigenvalue weighted by Crippen LogP contribution is 2.16. The van der Waals surface area contributed by atoms with Gasteiger partial charge >= 0.3 is 0 Å². The minimum absolute atomic E-state index is 0.144. The smallest absolute Gasteiger partial charge is 0.142 e. The summed E-state index contributed by atoms with van der Waals surface area (Å²) in [7, 11) is 0. The van der Waals surface area contributed by atoms with E-state index < -0.39 is 5.82 Å². The molecule has 82 valence electrons. The van der Waals surface area contributed by atoms with Crippen molar-refractivity contribution in [1.29, 1.82) is 0 Å². The second-order valence-electron chi connectivity index (χ2n) is 3.34. The third-order valence-corrected chi connectivity index (χ3v) is 2.45. The summed E-state index contributed by atoms with van der Waals surface area (Å²) in [6.45, 7) is 0.541. The first-order valence-electron chi connectivity index (χ1n) is 4.83. The van der Waals surface area contributed by atoms with Crippen molar-refractivity contribution < 1.29 is 4.39 Å². The summed E-state index contributed by atoms with van der Waals surface area (Å²) in [5.41, 5.74) is 1.74. The summed E-state index contributed by atoms with van der Waals surface area (Å²) in [5.74, 6) is -0.396. The van der Waals surface area contributed by atoms with Crippen LogP contribution in [0.3, 0.4) is 0 Å². The van der Waals surface area contributed by atoms with Crippen LogP contribution in [-0.4, -0.2) is 4.98 Å². The van der Waals surface area contributed by atoms with Gasteiger partial charge in [0.2, 0.25) is 0 Å². The SMILES string of the molecule is Fc1cc(CNc2cccnc2)ccc1Cl. The fraction of sp³-hybridized carbons (Fsp3) is 0.0833. The highest BCUT2D eigenvalue weighted by molar-refractivity contribution is 6.30. The number of halogens is 2. The van der Waals surface area contributed by atoms with Gasteiger partial charge in [-0.25, -0.2) is 4.39 Å². The third kappa shape index (κ3) is 2.70. The summed E-state index contributed by atoms with van der Waals surface area (Å²) in [4.78, 5) is 3.97. The summed E-state index contributed by atoms with van der Waals surface area (Å²) in [6, 6.07) is 8.50. The van der Waals surface area contributed by atoms with Gasteiger partial charge in [-0.15, -0.1) is 0 Å². The Morgan fingerprint density at radius 3 is 2.88 bits per heavy atom. The number of hydrogen-bond donors (Lipinski definition) is 1. The predicted molar refractivity (Wildman–Crippen MR) is 63.0 cm³/mol. The van der Waals surface area contributed by atoms with E-state index in [1.54, 1.807) is 24.5 Å². The lowest BCUT2D eigenvalue weighted by Gasteiger charge is -2.06. The van der Waals surface area contributed by atoms with Crippen LogP contribution in [0.4, 0.5) is 10.1 Å². The van der Waals surface area contributed by atoms with Gasteiger partial charge < -0.3 is 5.32 Å². The lowest BCUT2D eigenvalue weighted by atomic mass is 10.2. The topological polar surface area (TPSA) is 24.9 Å². The molecule has 0 aliphatic carbocycles. The zero-order valence-corrected chi connectivity index (χ0v) is 9.21. The molecule has 0 aliphatic rings. The molecule has 0 atom stereocenters. The second-order valence-corrected chi connectivity index (χ2v) is 3.75. The molecule has 0 spiro atoms. The van der Waals surface area contributed by atoms with Crippen LogP contribution in [0.25, 0.3) is 0 Å². The average Bonchev–Trinajstić information content (AvgIpc) is 2.32. The Labute approximate surface area is 98.1 Å². The number of anilines is 1. The van der Waals surface area contributed by atoms with Crippen molar-refractivity contribution in [3.63, 3.8) is 0 Å². The van der Waals surface area contributed by atoms with E-state index in [9.17, 15) is 4.39 Å². The van der Waals surface area contributed by atoms with E-state index in [4.69, 9.17) is 11.6 Å². The van der Waals surface area contributed by atoms with E-state index in [0.717, 1.165) is 11.3 Å². The zero-order valence-electron chi connectivity index (χ0n) is 8.45. The van der Waals surface area contributed by atoms with Gasteiger partial charge in [0.1, 0.15) is 5.82 Å². The van der Waals surface area contributed by atoms with Gasteiger partial charge in [0.25, 0.3) is 0 Å². The Morgan fingerprint density at radius 1 is 1.31 bits per heavy atom. The number of rotatable bonds is 3. The molecule has 0 aliphatic heterocycles. The standard InChI is InChI=1S/C12H10ClFN2/c13-11-4-3-9(6-12(11)14)7-16-10-2-1-5-15-8-10/h1-6,8,16H,7H2. The number of nitrogens with one attached hydrogen (secondary N) is 1. The normalized spacial score (nSPS) is 10.1. The molecule has 0 bridgehead atoms. The van der Waals surface area contributed by atoms with Gasteiger partial charge in [-0.2, -0.15) is 0 Å². The Balaban J connectivity index is 2.03. The van der Waals surface area contributed by atoms with E-state index >= 15 is 0 Å². The van der Waals surface area contributed by atoms with Crippen molar-refractivity contribution in [3.05, 3.63) is 59.1 Å². The molecule has 0 amide bonds. The second kappa shape index (κ2) is 4.94. The van der Waals surface area contributed by atoms with Crippen molar-refractivity contribution in [3.8, 4) is 0 Å². The Bertz CT molecular complexity index is 474. The maximum absolute atomic E-state index is 13.1. The van der Waals surface area contributed by atoms with E-state index in [1.807, 2.05) is 12.1 Å². The van der Waals surface area contributed by atoms with Crippen molar-refractivity contribution in [2.75, 3.05) is 5.32 Å². The molecule has 4 heteroatoms. The molecule has 0 saturated carbocycles. The summed E-state index contributed by atoms with van der Waals surface area (Å²) < 4.78 is 13.1. The molecule has 2 aromatic rings. The monoisotopic (exact) mass is 236 g/mol. The molecule has 1 heterocycles. The van der Waals surface area contributed by atoms with Crippen LogP contribution >= 0.6 is 11.6 Å². The summed E-state index contributed by atoms with van der Waals surface area (Å²) in [5, 5.41) is 3.28. The number of hydrogen-bond acceptors (Lipinski definition) is 2.